The van der Waals surface area contributed by atoms with Crippen LogP contribution in [0.2, 0.25) is 5.02 Å². The number of carbonyl (C=O) groups excluding carboxylic acids is 2. The maximum Gasteiger partial charge on any atom is 0.248 e. The quantitative estimate of drug-likeness (QED) is 0.735. The summed E-state index contributed by atoms with van der Waals surface area (Å²) in [4.78, 5) is 26.5. The van der Waals surface area contributed by atoms with Crippen molar-refractivity contribution in [2.45, 2.75) is 6.42 Å². The minimum atomic E-state index is -0.671. The second-order valence-electron chi connectivity index (χ2n) is 3.41. The first-order valence-electron chi connectivity index (χ1n) is 5.04. The summed E-state index contributed by atoms with van der Waals surface area (Å²) < 4.78 is 5.09. The zero-order chi connectivity index (χ0) is 13.5. The number of rotatable bonds is 6. The summed E-state index contributed by atoms with van der Waals surface area (Å²) in [7, 11) is 1.49. The van der Waals surface area contributed by atoms with Crippen molar-refractivity contribution in [1.82, 2.24) is 5.48 Å². The summed E-state index contributed by atoms with van der Waals surface area (Å²) >= 11 is 5.82. The largest absolute Gasteiger partial charge is 0.496 e. The van der Waals surface area contributed by atoms with Gasteiger partial charge in [-0.1, -0.05) is 11.6 Å². The Kier molecular flexibility index (Phi) is 5.41. The highest BCUT2D eigenvalue weighted by molar-refractivity contribution is 6.30. The SMILES string of the molecule is COc1ccc(Cl)cc1CC(=O)NOCC(N)=O. The van der Waals surface area contributed by atoms with E-state index in [0.29, 0.717) is 16.3 Å². The van der Waals surface area contributed by atoms with E-state index in [0.717, 1.165) is 0 Å². The van der Waals surface area contributed by atoms with Gasteiger partial charge < -0.3 is 10.5 Å². The number of hydroxylamine groups is 1. The highest BCUT2D eigenvalue weighted by Gasteiger charge is 2.09. The molecule has 6 nitrogen and oxygen atoms in total. The van der Waals surface area contributed by atoms with Gasteiger partial charge in [0.1, 0.15) is 5.75 Å². The van der Waals surface area contributed by atoms with E-state index in [4.69, 9.17) is 22.1 Å². The van der Waals surface area contributed by atoms with Gasteiger partial charge in [0.2, 0.25) is 11.8 Å². The predicted octanol–water partition coefficient (Wildman–Crippen LogP) is 0.424. The lowest BCUT2D eigenvalue weighted by Crippen LogP contribution is -2.30. The van der Waals surface area contributed by atoms with E-state index >= 15 is 0 Å². The molecule has 0 saturated heterocycles. The van der Waals surface area contributed by atoms with E-state index in [2.05, 4.69) is 10.3 Å². The standard InChI is InChI=1S/C11H13ClN2O4/c1-17-9-3-2-8(12)4-7(9)5-11(16)14-18-6-10(13)15/h2-4H,5-6H2,1H3,(H2,13,15)(H,14,16). The molecule has 18 heavy (non-hydrogen) atoms. The molecular weight excluding hydrogens is 260 g/mol. The molecule has 2 amide bonds. The maximum absolute atomic E-state index is 11.5. The van der Waals surface area contributed by atoms with Crippen molar-refractivity contribution < 1.29 is 19.2 Å². The Morgan fingerprint density at radius 3 is 2.78 bits per heavy atom. The number of benzene rings is 1. The number of primary amides is 1. The number of nitrogens with two attached hydrogens (primary N) is 1. The van der Waals surface area contributed by atoms with Crippen LogP contribution in [0.15, 0.2) is 18.2 Å². The molecule has 0 saturated carbocycles. The molecule has 7 heteroatoms. The van der Waals surface area contributed by atoms with Gasteiger partial charge in [-0.25, -0.2) is 5.48 Å². The van der Waals surface area contributed by atoms with E-state index in [1.165, 1.54) is 7.11 Å². The third kappa shape index (κ3) is 4.60. The lowest BCUT2D eigenvalue weighted by Gasteiger charge is -2.09. The topological polar surface area (TPSA) is 90.7 Å². The van der Waals surface area contributed by atoms with Crippen LogP contribution >= 0.6 is 11.6 Å². The maximum atomic E-state index is 11.5. The fraction of sp³-hybridized carbons (Fsp3) is 0.273. The van der Waals surface area contributed by atoms with Crippen LogP contribution in [0.4, 0.5) is 0 Å². The Morgan fingerprint density at radius 1 is 1.44 bits per heavy atom. The molecule has 1 aromatic rings. The van der Waals surface area contributed by atoms with Gasteiger partial charge in [0.15, 0.2) is 6.61 Å². The smallest absolute Gasteiger partial charge is 0.248 e. The van der Waals surface area contributed by atoms with E-state index < -0.39 is 11.8 Å². The van der Waals surface area contributed by atoms with Gasteiger partial charge in [-0.3, -0.25) is 14.4 Å². The number of hydrogen-bond acceptors (Lipinski definition) is 4. The fourth-order valence-corrected chi connectivity index (χ4v) is 1.48. The number of methoxy groups -OCH3 is 1. The monoisotopic (exact) mass is 272 g/mol. The second-order valence-corrected chi connectivity index (χ2v) is 3.85. The molecule has 0 radical (unpaired) electrons. The molecule has 0 aromatic heterocycles. The highest BCUT2D eigenvalue weighted by atomic mass is 35.5. The molecule has 0 heterocycles. The first kappa shape index (κ1) is 14.3. The minimum absolute atomic E-state index is 0.0164. The lowest BCUT2D eigenvalue weighted by atomic mass is 10.1. The number of carbonyl (C=O) groups is 2. The molecule has 3 N–H and O–H groups in total. The second kappa shape index (κ2) is 6.83. The molecule has 1 aromatic carbocycles. The molecule has 0 fully saturated rings. The van der Waals surface area contributed by atoms with Crippen molar-refractivity contribution in [3.63, 3.8) is 0 Å². The van der Waals surface area contributed by atoms with Crippen molar-refractivity contribution in [3.8, 4) is 5.75 Å². The first-order valence-corrected chi connectivity index (χ1v) is 5.42. The van der Waals surface area contributed by atoms with Crippen LogP contribution in [-0.2, 0) is 20.8 Å². The van der Waals surface area contributed by atoms with Crippen LogP contribution in [-0.4, -0.2) is 25.5 Å². The zero-order valence-corrected chi connectivity index (χ0v) is 10.5. The molecule has 98 valence electrons. The van der Waals surface area contributed by atoms with Gasteiger partial charge in [-0.15, -0.1) is 0 Å². The predicted molar refractivity (Wildman–Crippen MR) is 65.0 cm³/mol. The summed E-state index contributed by atoms with van der Waals surface area (Å²) in [5.41, 5.74) is 7.55. The van der Waals surface area contributed by atoms with Gasteiger partial charge >= 0.3 is 0 Å². The summed E-state index contributed by atoms with van der Waals surface area (Å²) in [6.45, 7) is -0.377. The molecule has 0 aliphatic carbocycles. The average Bonchev–Trinajstić information content (AvgIpc) is 2.28. The van der Waals surface area contributed by atoms with Crippen LogP contribution < -0.4 is 16.0 Å². The Labute approximate surface area is 109 Å². The van der Waals surface area contributed by atoms with Gasteiger partial charge in [-0.05, 0) is 18.2 Å². The normalized spacial score (nSPS) is 9.89. The summed E-state index contributed by atoms with van der Waals surface area (Å²) in [5.74, 6) is -0.558. The molecule has 0 atom stereocenters. The van der Waals surface area contributed by atoms with E-state index in [9.17, 15) is 9.59 Å². The van der Waals surface area contributed by atoms with Gasteiger partial charge in [0.05, 0.1) is 13.5 Å². The highest BCUT2D eigenvalue weighted by Crippen LogP contribution is 2.22. The number of nitrogens with one attached hydrogen (secondary N) is 1. The van der Waals surface area contributed by atoms with Crippen LogP contribution in [0.5, 0.6) is 5.75 Å². The number of hydrogen-bond donors (Lipinski definition) is 2. The Bertz CT molecular complexity index is 451. The van der Waals surface area contributed by atoms with E-state index in [-0.39, 0.29) is 13.0 Å². The van der Waals surface area contributed by atoms with Gasteiger partial charge in [0.25, 0.3) is 0 Å². The molecule has 1 rings (SSSR count). The average molecular weight is 273 g/mol. The van der Waals surface area contributed by atoms with Gasteiger partial charge in [0, 0.05) is 10.6 Å². The third-order valence-electron chi connectivity index (χ3n) is 1.99. The van der Waals surface area contributed by atoms with Crippen molar-refractivity contribution in [1.29, 1.82) is 0 Å². The zero-order valence-electron chi connectivity index (χ0n) is 9.73. The Morgan fingerprint density at radius 2 is 2.17 bits per heavy atom. The van der Waals surface area contributed by atoms with E-state index in [1.54, 1.807) is 18.2 Å². The first-order chi connectivity index (χ1) is 8.52. The molecular formula is C11H13ClN2O4. The minimum Gasteiger partial charge on any atom is -0.496 e. The van der Waals surface area contributed by atoms with Gasteiger partial charge in [-0.2, -0.15) is 0 Å². The van der Waals surface area contributed by atoms with Crippen molar-refractivity contribution in [3.05, 3.63) is 28.8 Å². The summed E-state index contributed by atoms with van der Waals surface area (Å²) in [6, 6.07) is 4.94. The molecule has 0 bridgehead atoms. The van der Waals surface area contributed by atoms with Crippen molar-refractivity contribution in [2.75, 3.05) is 13.7 Å². The van der Waals surface area contributed by atoms with Crippen LogP contribution in [0, 0.1) is 0 Å². The van der Waals surface area contributed by atoms with E-state index in [1.807, 2.05) is 0 Å². The van der Waals surface area contributed by atoms with Crippen LogP contribution in [0.25, 0.3) is 0 Å². The number of amides is 2. The van der Waals surface area contributed by atoms with Crippen LogP contribution in [0.3, 0.4) is 0 Å². The third-order valence-corrected chi connectivity index (χ3v) is 2.23. The number of ether oxygens (including phenoxy) is 1. The Hall–Kier alpha value is -1.79. The molecule has 0 unspecified atom stereocenters. The molecule has 0 aliphatic rings. The fourth-order valence-electron chi connectivity index (χ4n) is 1.28. The molecule has 0 aliphatic heterocycles. The lowest BCUT2D eigenvalue weighted by molar-refractivity contribution is -0.137. The molecule has 0 spiro atoms. The van der Waals surface area contributed by atoms with Crippen molar-refractivity contribution >= 4 is 23.4 Å². The number of halogens is 1. The summed E-state index contributed by atoms with van der Waals surface area (Å²) in [5, 5.41) is 0.497. The van der Waals surface area contributed by atoms with Crippen LogP contribution in [0.1, 0.15) is 5.56 Å². The summed E-state index contributed by atoms with van der Waals surface area (Å²) in [6.07, 6.45) is 0.0164. The van der Waals surface area contributed by atoms with Crippen molar-refractivity contribution in [2.24, 2.45) is 5.73 Å². The Balaban J connectivity index is 2.58.